The topological polar surface area (TPSA) is 46.5 Å². The van der Waals surface area contributed by atoms with Crippen LogP contribution in [0.5, 0.6) is 0 Å². The van der Waals surface area contributed by atoms with E-state index in [9.17, 15) is 9.90 Å². The molecule has 1 aliphatic heterocycles. The van der Waals surface area contributed by atoms with Gasteiger partial charge in [-0.2, -0.15) is 0 Å². The molecule has 1 atom stereocenters. The van der Waals surface area contributed by atoms with Crippen molar-refractivity contribution in [2.45, 2.75) is 84.7 Å². The summed E-state index contributed by atoms with van der Waals surface area (Å²) in [5.41, 5.74) is -0.150. The Morgan fingerprint density at radius 1 is 1.24 bits per heavy atom. The molecule has 1 saturated heterocycles. The molecule has 0 aromatic heterocycles. The summed E-state index contributed by atoms with van der Waals surface area (Å²) >= 11 is 0. The molecule has 2 rings (SSSR count). The zero-order chi connectivity index (χ0) is 15.5. The van der Waals surface area contributed by atoms with Crippen LogP contribution in [0.15, 0.2) is 0 Å². The number of carboxylic acids is 1. The normalized spacial score (nSPS) is 34.0. The van der Waals surface area contributed by atoms with E-state index in [0.717, 1.165) is 58.0 Å². The molecule has 1 saturated carbocycles. The van der Waals surface area contributed by atoms with Gasteiger partial charge in [-0.25, -0.2) is 0 Å². The minimum absolute atomic E-state index is 0.308. The molecule has 0 aromatic rings. The van der Waals surface area contributed by atoms with Gasteiger partial charge in [0, 0.05) is 6.61 Å². The van der Waals surface area contributed by atoms with Crippen LogP contribution in [0.1, 0.15) is 78.6 Å². The number of rotatable bonds is 5. The summed E-state index contributed by atoms with van der Waals surface area (Å²) in [7, 11) is 0. The van der Waals surface area contributed by atoms with Crippen LogP contribution in [0.4, 0.5) is 0 Å². The Bertz CT molecular complexity index is 342. The third-order valence-electron chi connectivity index (χ3n) is 5.83. The van der Waals surface area contributed by atoms with Crippen molar-refractivity contribution in [3.63, 3.8) is 0 Å². The number of hydrogen-bond donors (Lipinski definition) is 1. The van der Waals surface area contributed by atoms with Crippen molar-refractivity contribution in [2.24, 2.45) is 16.7 Å². The second-order valence-corrected chi connectivity index (χ2v) is 8.25. The number of hydrogen-bond acceptors (Lipinski definition) is 2. The summed E-state index contributed by atoms with van der Waals surface area (Å²) in [5.74, 6) is 0.102. The highest BCUT2D eigenvalue weighted by Crippen LogP contribution is 2.48. The number of carboxylic acid groups (broad SMARTS) is 1. The van der Waals surface area contributed by atoms with Crippen molar-refractivity contribution >= 4 is 5.97 Å². The van der Waals surface area contributed by atoms with E-state index in [1.165, 1.54) is 6.42 Å². The van der Waals surface area contributed by atoms with Gasteiger partial charge in [0.1, 0.15) is 0 Å². The van der Waals surface area contributed by atoms with Crippen LogP contribution in [0.3, 0.4) is 0 Å². The molecule has 0 spiro atoms. The minimum atomic E-state index is -0.567. The van der Waals surface area contributed by atoms with E-state index in [1.54, 1.807) is 0 Å². The van der Waals surface area contributed by atoms with Gasteiger partial charge in [0.05, 0.1) is 11.5 Å². The molecular formula is C18H32O3. The molecule has 0 amide bonds. The van der Waals surface area contributed by atoms with Gasteiger partial charge in [-0.05, 0) is 69.1 Å². The fourth-order valence-corrected chi connectivity index (χ4v) is 4.15. The maximum atomic E-state index is 11.8. The first kappa shape index (κ1) is 16.8. The predicted octanol–water partition coefficient (Wildman–Crippen LogP) is 4.64. The van der Waals surface area contributed by atoms with E-state index < -0.39 is 11.4 Å². The molecule has 2 aliphatic rings. The first-order valence-electron chi connectivity index (χ1n) is 8.68. The fourth-order valence-electron chi connectivity index (χ4n) is 4.15. The second kappa shape index (κ2) is 6.68. The van der Waals surface area contributed by atoms with E-state index in [0.29, 0.717) is 17.4 Å². The minimum Gasteiger partial charge on any atom is -0.481 e. The lowest BCUT2D eigenvalue weighted by Gasteiger charge is -2.42. The van der Waals surface area contributed by atoms with Crippen LogP contribution in [0.2, 0.25) is 0 Å². The van der Waals surface area contributed by atoms with Gasteiger partial charge in [0.2, 0.25) is 0 Å². The summed E-state index contributed by atoms with van der Waals surface area (Å²) in [6, 6.07) is 0. The molecule has 3 heteroatoms. The van der Waals surface area contributed by atoms with Crippen molar-refractivity contribution in [3.05, 3.63) is 0 Å². The monoisotopic (exact) mass is 296 g/mol. The molecule has 0 bridgehead atoms. The smallest absolute Gasteiger partial charge is 0.309 e. The number of carbonyl (C=O) groups is 1. The van der Waals surface area contributed by atoms with Crippen LogP contribution >= 0.6 is 0 Å². The molecule has 122 valence electrons. The third kappa shape index (κ3) is 4.21. The summed E-state index contributed by atoms with van der Waals surface area (Å²) < 4.78 is 5.65. The number of aliphatic carboxylic acids is 1. The Morgan fingerprint density at radius 3 is 2.38 bits per heavy atom. The lowest BCUT2D eigenvalue weighted by molar-refractivity contribution is -0.153. The summed E-state index contributed by atoms with van der Waals surface area (Å²) in [5, 5.41) is 9.74. The van der Waals surface area contributed by atoms with Gasteiger partial charge in [0.15, 0.2) is 0 Å². The van der Waals surface area contributed by atoms with E-state index in [-0.39, 0.29) is 0 Å². The summed E-state index contributed by atoms with van der Waals surface area (Å²) in [4.78, 5) is 11.8. The molecule has 3 nitrogen and oxygen atoms in total. The van der Waals surface area contributed by atoms with Crippen LogP contribution in [-0.2, 0) is 9.53 Å². The largest absolute Gasteiger partial charge is 0.481 e. The van der Waals surface area contributed by atoms with E-state index in [2.05, 4.69) is 20.8 Å². The quantitative estimate of drug-likeness (QED) is 0.803. The summed E-state index contributed by atoms with van der Waals surface area (Å²) in [6.07, 6.45) is 9.43. The zero-order valence-electron chi connectivity index (χ0n) is 14.0. The van der Waals surface area contributed by atoms with Crippen LogP contribution in [0, 0.1) is 16.7 Å². The standard InChI is InChI=1S/C18H32O3/c1-17(2,3)14-8-11-18(12-9-14,16(19)20)10-4-6-15-7-5-13-21-15/h14-15H,4-13H2,1-3H3,(H,19,20). The van der Waals surface area contributed by atoms with Gasteiger partial charge in [0.25, 0.3) is 0 Å². The SMILES string of the molecule is CC(C)(C)C1CCC(CCCC2CCCO2)(C(=O)O)CC1. The Labute approximate surface area is 129 Å². The zero-order valence-corrected chi connectivity index (χ0v) is 14.0. The molecule has 21 heavy (non-hydrogen) atoms. The first-order chi connectivity index (χ1) is 9.83. The lowest BCUT2D eigenvalue weighted by atomic mass is 9.62. The Morgan fingerprint density at radius 2 is 1.90 bits per heavy atom. The molecule has 1 aliphatic carbocycles. The van der Waals surface area contributed by atoms with E-state index >= 15 is 0 Å². The fraction of sp³-hybridized carbons (Fsp3) is 0.944. The van der Waals surface area contributed by atoms with Gasteiger partial charge in [-0.1, -0.05) is 20.8 Å². The Balaban J connectivity index is 1.85. The van der Waals surface area contributed by atoms with Gasteiger partial charge in [-0.3, -0.25) is 4.79 Å². The molecule has 0 radical (unpaired) electrons. The molecule has 1 heterocycles. The van der Waals surface area contributed by atoms with Crippen molar-refractivity contribution in [1.82, 2.24) is 0 Å². The van der Waals surface area contributed by atoms with E-state index in [4.69, 9.17) is 4.74 Å². The molecule has 1 N–H and O–H groups in total. The Kier molecular flexibility index (Phi) is 5.34. The van der Waals surface area contributed by atoms with Crippen molar-refractivity contribution in [3.8, 4) is 0 Å². The average Bonchev–Trinajstić information content (AvgIpc) is 2.91. The predicted molar refractivity (Wildman–Crippen MR) is 84.3 cm³/mol. The van der Waals surface area contributed by atoms with Crippen molar-refractivity contribution in [1.29, 1.82) is 0 Å². The number of ether oxygens (including phenoxy) is 1. The highest BCUT2D eigenvalue weighted by molar-refractivity contribution is 5.74. The van der Waals surface area contributed by atoms with Crippen LogP contribution < -0.4 is 0 Å². The van der Waals surface area contributed by atoms with Crippen molar-refractivity contribution < 1.29 is 14.6 Å². The highest BCUT2D eigenvalue weighted by Gasteiger charge is 2.43. The van der Waals surface area contributed by atoms with Crippen LogP contribution in [0.25, 0.3) is 0 Å². The maximum absolute atomic E-state index is 11.8. The molecule has 0 aromatic carbocycles. The first-order valence-corrected chi connectivity index (χ1v) is 8.68. The lowest BCUT2D eigenvalue weighted by Crippen LogP contribution is -2.38. The third-order valence-corrected chi connectivity index (χ3v) is 5.83. The summed E-state index contributed by atoms with van der Waals surface area (Å²) in [6.45, 7) is 7.73. The van der Waals surface area contributed by atoms with Gasteiger partial charge in [-0.15, -0.1) is 0 Å². The van der Waals surface area contributed by atoms with Crippen molar-refractivity contribution in [2.75, 3.05) is 6.61 Å². The maximum Gasteiger partial charge on any atom is 0.309 e. The Hall–Kier alpha value is -0.570. The molecule has 1 unspecified atom stereocenters. The molecular weight excluding hydrogens is 264 g/mol. The van der Waals surface area contributed by atoms with Gasteiger partial charge < -0.3 is 9.84 Å². The molecule has 2 fully saturated rings. The average molecular weight is 296 g/mol. The van der Waals surface area contributed by atoms with Gasteiger partial charge >= 0.3 is 5.97 Å². The second-order valence-electron chi connectivity index (χ2n) is 8.25. The van der Waals surface area contributed by atoms with Crippen LogP contribution in [-0.4, -0.2) is 23.8 Å². The van der Waals surface area contributed by atoms with E-state index in [1.807, 2.05) is 0 Å². The highest BCUT2D eigenvalue weighted by atomic mass is 16.5.